The molecule has 1 aromatic rings. The zero-order chi connectivity index (χ0) is 13.0. The van der Waals surface area contributed by atoms with Crippen molar-refractivity contribution in [3.05, 3.63) is 17.2 Å². The fraction of sp³-hybridized carbons (Fsp3) is 0.692. The second-order valence-electron chi connectivity index (χ2n) is 4.67. The molecule has 1 aliphatic rings. The molecule has 2 N–H and O–H groups in total. The molecule has 5 nitrogen and oxygen atoms in total. The third-order valence-electron chi connectivity index (χ3n) is 3.38. The smallest absolute Gasteiger partial charge is 0.221 e. The highest BCUT2D eigenvalue weighted by Crippen LogP contribution is 2.17. The molecule has 2 heterocycles. The van der Waals surface area contributed by atoms with Crippen molar-refractivity contribution in [2.45, 2.75) is 45.7 Å². The topological polar surface area (TPSA) is 59.0 Å². The Labute approximate surface area is 108 Å². The lowest BCUT2D eigenvalue weighted by Gasteiger charge is -2.16. The summed E-state index contributed by atoms with van der Waals surface area (Å²) in [5.74, 6) is 1.23. The van der Waals surface area contributed by atoms with Gasteiger partial charge in [0.2, 0.25) is 5.91 Å². The summed E-state index contributed by atoms with van der Waals surface area (Å²) in [5, 5.41) is 6.02. The van der Waals surface area contributed by atoms with Crippen molar-refractivity contribution in [2.75, 3.05) is 13.6 Å². The van der Waals surface area contributed by atoms with Crippen molar-refractivity contribution in [2.24, 2.45) is 0 Å². The first kappa shape index (κ1) is 13.1. The Bertz CT molecular complexity index is 425. The Hall–Kier alpha value is -1.36. The average Bonchev–Trinajstić information content (AvgIpc) is 2.74. The summed E-state index contributed by atoms with van der Waals surface area (Å²) in [6, 6.07) is 0. The summed E-state index contributed by atoms with van der Waals surface area (Å²) in [4.78, 5) is 16.1. The van der Waals surface area contributed by atoms with E-state index < -0.39 is 0 Å². The number of aryl methyl sites for hydroxylation is 1. The second-order valence-corrected chi connectivity index (χ2v) is 4.67. The highest BCUT2D eigenvalue weighted by molar-refractivity contribution is 5.75. The molecule has 0 saturated heterocycles. The molecule has 0 spiro atoms. The summed E-state index contributed by atoms with van der Waals surface area (Å²) in [5.41, 5.74) is 2.49. The van der Waals surface area contributed by atoms with Gasteiger partial charge in [0.15, 0.2) is 0 Å². The van der Waals surface area contributed by atoms with Gasteiger partial charge in [0.05, 0.1) is 5.69 Å². The summed E-state index contributed by atoms with van der Waals surface area (Å²) in [6.45, 7) is 4.77. The molecule has 0 saturated carbocycles. The van der Waals surface area contributed by atoms with Crippen LogP contribution in [-0.4, -0.2) is 29.1 Å². The predicted molar refractivity (Wildman–Crippen MR) is 70.3 cm³/mol. The summed E-state index contributed by atoms with van der Waals surface area (Å²) >= 11 is 0. The Balaban J connectivity index is 2.19. The Morgan fingerprint density at radius 1 is 1.56 bits per heavy atom. The lowest BCUT2D eigenvalue weighted by Crippen LogP contribution is -2.26. The number of fused-ring (bicyclic) bond motifs is 1. The number of hydrogen-bond donors (Lipinski definition) is 2. The lowest BCUT2D eigenvalue weighted by atomic mass is 10.2. The molecular formula is C13H22N4O. The van der Waals surface area contributed by atoms with Crippen LogP contribution in [0.2, 0.25) is 0 Å². The van der Waals surface area contributed by atoms with Gasteiger partial charge in [-0.05, 0) is 6.42 Å². The average molecular weight is 250 g/mol. The number of carbonyl (C=O) groups is 1. The van der Waals surface area contributed by atoms with Gasteiger partial charge in [-0.15, -0.1) is 0 Å². The summed E-state index contributed by atoms with van der Waals surface area (Å²) in [7, 11) is 1.68. The third kappa shape index (κ3) is 2.72. The fourth-order valence-electron chi connectivity index (χ4n) is 2.44. The maximum Gasteiger partial charge on any atom is 0.221 e. The third-order valence-corrected chi connectivity index (χ3v) is 3.38. The van der Waals surface area contributed by atoms with E-state index in [2.05, 4.69) is 22.1 Å². The van der Waals surface area contributed by atoms with E-state index in [1.807, 2.05) is 0 Å². The summed E-state index contributed by atoms with van der Waals surface area (Å²) in [6.07, 6.45) is 3.62. The molecule has 5 heteroatoms. The van der Waals surface area contributed by atoms with Crippen LogP contribution in [0.5, 0.6) is 0 Å². The first-order valence-corrected chi connectivity index (χ1v) is 6.74. The van der Waals surface area contributed by atoms with E-state index in [1.165, 1.54) is 11.4 Å². The van der Waals surface area contributed by atoms with Crippen molar-refractivity contribution in [1.82, 2.24) is 20.2 Å². The predicted octanol–water partition coefficient (Wildman–Crippen LogP) is 0.617. The van der Waals surface area contributed by atoms with Crippen molar-refractivity contribution in [3.63, 3.8) is 0 Å². The molecule has 2 rings (SSSR count). The molecule has 0 atom stereocenters. The first-order chi connectivity index (χ1) is 8.76. The standard InChI is InChI=1S/C13H22N4O/c1-3-4-12-16-10-9-15-7-5-11(10)17(12)8-6-13(18)14-2/h15H,3-9H2,1-2H3,(H,14,18). The largest absolute Gasteiger partial charge is 0.359 e. The number of amides is 1. The molecule has 0 unspecified atom stereocenters. The highest BCUT2D eigenvalue weighted by atomic mass is 16.1. The summed E-state index contributed by atoms with van der Waals surface area (Å²) < 4.78 is 2.26. The van der Waals surface area contributed by atoms with E-state index in [4.69, 9.17) is 4.98 Å². The van der Waals surface area contributed by atoms with Gasteiger partial charge in [0.1, 0.15) is 5.82 Å². The molecule has 1 amide bonds. The number of nitrogens with one attached hydrogen (secondary N) is 2. The second kappa shape index (κ2) is 6.00. The SMILES string of the molecule is CCCc1nc2c(n1CCC(=O)NC)CCNC2. The molecule has 0 bridgehead atoms. The van der Waals surface area contributed by atoms with Crippen molar-refractivity contribution in [3.8, 4) is 0 Å². The van der Waals surface area contributed by atoms with Crippen LogP contribution in [0.4, 0.5) is 0 Å². The van der Waals surface area contributed by atoms with Gasteiger partial charge in [-0.25, -0.2) is 4.98 Å². The lowest BCUT2D eigenvalue weighted by molar-refractivity contribution is -0.120. The van der Waals surface area contributed by atoms with Gasteiger partial charge in [-0.1, -0.05) is 6.92 Å². The van der Waals surface area contributed by atoms with Crippen LogP contribution in [0.15, 0.2) is 0 Å². The van der Waals surface area contributed by atoms with Crippen LogP contribution in [-0.2, 0) is 30.7 Å². The van der Waals surface area contributed by atoms with Crippen molar-refractivity contribution >= 4 is 5.91 Å². The highest BCUT2D eigenvalue weighted by Gasteiger charge is 2.19. The van der Waals surface area contributed by atoms with E-state index in [-0.39, 0.29) is 5.91 Å². The van der Waals surface area contributed by atoms with Crippen molar-refractivity contribution in [1.29, 1.82) is 0 Å². The van der Waals surface area contributed by atoms with E-state index in [0.717, 1.165) is 44.7 Å². The molecular weight excluding hydrogens is 228 g/mol. The van der Waals surface area contributed by atoms with E-state index in [1.54, 1.807) is 7.05 Å². The molecule has 0 aromatic carbocycles. The van der Waals surface area contributed by atoms with E-state index in [9.17, 15) is 4.79 Å². The fourth-order valence-corrected chi connectivity index (χ4v) is 2.44. The minimum absolute atomic E-state index is 0.0915. The maximum atomic E-state index is 11.4. The molecule has 0 aliphatic carbocycles. The van der Waals surface area contributed by atoms with Crippen LogP contribution in [0, 0.1) is 0 Å². The van der Waals surface area contributed by atoms with Crippen LogP contribution >= 0.6 is 0 Å². The van der Waals surface area contributed by atoms with Crippen molar-refractivity contribution < 1.29 is 4.79 Å². The van der Waals surface area contributed by atoms with E-state index in [0.29, 0.717) is 6.42 Å². The Morgan fingerprint density at radius 2 is 2.39 bits per heavy atom. The van der Waals surface area contributed by atoms with Gasteiger partial charge < -0.3 is 15.2 Å². The van der Waals surface area contributed by atoms with Gasteiger partial charge in [-0.3, -0.25) is 4.79 Å². The molecule has 0 radical (unpaired) electrons. The van der Waals surface area contributed by atoms with Crippen LogP contribution in [0.3, 0.4) is 0 Å². The quantitative estimate of drug-likeness (QED) is 0.805. The minimum Gasteiger partial charge on any atom is -0.359 e. The molecule has 1 aromatic heterocycles. The Morgan fingerprint density at radius 3 is 3.11 bits per heavy atom. The van der Waals surface area contributed by atoms with Gasteiger partial charge >= 0.3 is 0 Å². The Kier molecular flexibility index (Phi) is 4.36. The molecule has 0 fully saturated rings. The first-order valence-electron chi connectivity index (χ1n) is 6.74. The maximum absolute atomic E-state index is 11.4. The number of imidazole rings is 1. The van der Waals surface area contributed by atoms with E-state index >= 15 is 0 Å². The van der Waals surface area contributed by atoms with Crippen LogP contribution in [0.25, 0.3) is 0 Å². The minimum atomic E-state index is 0.0915. The molecule has 1 aliphatic heterocycles. The van der Waals surface area contributed by atoms with Gasteiger partial charge in [-0.2, -0.15) is 0 Å². The zero-order valence-electron chi connectivity index (χ0n) is 11.3. The molecule has 18 heavy (non-hydrogen) atoms. The van der Waals surface area contributed by atoms with Crippen LogP contribution < -0.4 is 10.6 Å². The molecule has 100 valence electrons. The number of aromatic nitrogens is 2. The van der Waals surface area contributed by atoms with Crippen LogP contribution in [0.1, 0.15) is 37.0 Å². The number of rotatable bonds is 5. The van der Waals surface area contributed by atoms with Gasteiger partial charge in [0.25, 0.3) is 0 Å². The normalized spacial score (nSPS) is 14.3. The number of nitrogens with zero attached hydrogens (tertiary/aromatic N) is 2. The zero-order valence-corrected chi connectivity index (χ0v) is 11.3. The van der Waals surface area contributed by atoms with Gasteiger partial charge in [0, 0.05) is 51.6 Å². The monoisotopic (exact) mass is 250 g/mol. The number of hydrogen-bond acceptors (Lipinski definition) is 3. The number of carbonyl (C=O) groups excluding carboxylic acids is 1.